The summed E-state index contributed by atoms with van der Waals surface area (Å²) in [5.74, 6) is -1.01. The highest BCUT2D eigenvalue weighted by molar-refractivity contribution is 6.08. The number of urea groups is 1. The lowest BCUT2D eigenvalue weighted by Gasteiger charge is -2.43. The predicted molar refractivity (Wildman–Crippen MR) is 122 cm³/mol. The van der Waals surface area contributed by atoms with Crippen LogP contribution >= 0.6 is 0 Å². The van der Waals surface area contributed by atoms with Gasteiger partial charge in [0.15, 0.2) is 6.61 Å². The van der Waals surface area contributed by atoms with E-state index in [0.717, 1.165) is 30.6 Å². The summed E-state index contributed by atoms with van der Waals surface area (Å²) in [6.45, 7) is 12.8. The summed E-state index contributed by atoms with van der Waals surface area (Å²) in [7, 11) is 0. The van der Waals surface area contributed by atoms with Gasteiger partial charge in [-0.25, -0.2) is 4.79 Å². The first kappa shape index (κ1) is 24.0. The molecule has 8 nitrogen and oxygen atoms in total. The first-order chi connectivity index (χ1) is 15.1. The molecule has 1 N–H and O–H groups in total. The second kappa shape index (κ2) is 7.70. The maximum Gasteiger partial charge on any atom is 0.326 e. The number of rotatable bonds is 4. The Morgan fingerprint density at radius 3 is 2.33 bits per heavy atom. The van der Waals surface area contributed by atoms with Gasteiger partial charge in [-0.2, -0.15) is 0 Å². The number of fused-ring (bicyclic) bond motifs is 2. The Morgan fingerprint density at radius 1 is 1.00 bits per heavy atom. The van der Waals surface area contributed by atoms with Gasteiger partial charge in [-0.3, -0.25) is 19.3 Å². The molecule has 1 spiro atoms. The molecule has 4 atom stereocenters. The molecule has 4 rings (SSSR count). The monoisotopic (exact) mass is 461 g/mol. The van der Waals surface area contributed by atoms with Gasteiger partial charge >= 0.3 is 12.0 Å². The first-order valence-corrected chi connectivity index (χ1v) is 12.2. The van der Waals surface area contributed by atoms with Gasteiger partial charge in [0, 0.05) is 12.6 Å². The van der Waals surface area contributed by atoms with Crippen LogP contribution in [0.25, 0.3) is 0 Å². The van der Waals surface area contributed by atoms with E-state index >= 15 is 0 Å². The zero-order valence-corrected chi connectivity index (χ0v) is 21.0. The van der Waals surface area contributed by atoms with E-state index in [-0.39, 0.29) is 46.6 Å². The van der Waals surface area contributed by atoms with Gasteiger partial charge in [0.25, 0.3) is 11.8 Å². The summed E-state index contributed by atoms with van der Waals surface area (Å²) < 4.78 is 5.24. The van der Waals surface area contributed by atoms with Crippen LogP contribution < -0.4 is 5.32 Å². The highest BCUT2D eigenvalue weighted by atomic mass is 16.5. The number of imide groups is 1. The molecule has 8 heteroatoms. The van der Waals surface area contributed by atoms with Crippen LogP contribution in [-0.4, -0.2) is 64.9 Å². The molecule has 0 aromatic heterocycles. The van der Waals surface area contributed by atoms with Gasteiger partial charge in [-0.05, 0) is 60.7 Å². The van der Waals surface area contributed by atoms with Crippen molar-refractivity contribution in [2.24, 2.45) is 22.2 Å². The number of esters is 1. The number of amides is 4. The minimum atomic E-state index is -0.955. The third-order valence-corrected chi connectivity index (χ3v) is 8.00. The highest BCUT2D eigenvalue weighted by Gasteiger charge is 2.56. The zero-order chi connectivity index (χ0) is 24.4. The van der Waals surface area contributed by atoms with Crippen molar-refractivity contribution in [3.8, 4) is 0 Å². The molecule has 33 heavy (non-hydrogen) atoms. The second-order valence-electron chi connectivity index (χ2n) is 13.2. The fourth-order valence-electron chi connectivity index (χ4n) is 7.80. The third kappa shape index (κ3) is 4.62. The van der Waals surface area contributed by atoms with Crippen LogP contribution in [0.2, 0.25) is 0 Å². The fourth-order valence-corrected chi connectivity index (χ4v) is 7.80. The Bertz CT molecular complexity index is 883. The number of ether oxygens (including phenoxy) is 1. The molecule has 2 heterocycles. The molecule has 2 saturated heterocycles. The Balaban J connectivity index is 1.34. The molecule has 4 amide bonds. The number of nitrogens with one attached hydrogen (secondary N) is 1. The van der Waals surface area contributed by atoms with Crippen molar-refractivity contribution in [2.75, 3.05) is 19.7 Å². The fraction of sp³-hybridized carbons (Fsp3) is 0.840. The minimum Gasteiger partial charge on any atom is -0.454 e. The number of hydrogen-bond donors (Lipinski definition) is 1. The van der Waals surface area contributed by atoms with Crippen LogP contribution in [0.1, 0.15) is 80.1 Å². The average molecular weight is 462 g/mol. The van der Waals surface area contributed by atoms with Crippen LogP contribution in [0, 0.1) is 22.2 Å². The molecule has 0 aromatic rings. The van der Waals surface area contributed by atoms with Gasteiger partial charge < -0.3 is 15.0 Å². The summed E-state index contributed by atoms with van der Waals surface area (Å²) in [5, 5.41) is 2.86. The molecule has 0 unspecified atom stereocenters. The predicted octanol–water partition coefficient (Wildman–Crippen LogP) is 3.09. The Labute approximate surface area is 196 Å². The molecule has 4 aliphatic rings. The maximum absolute atomic E-state index is 13.2. The van der Waals surface area contributed by atoms with Crippen LogP contribution in [0.3, 0.4) is 0 Å². The highest BCUT2D eigenvalue weighted by Crippen LogP contribution is 2.52. The van der Waals surface area contributed by atoms with Gasteiger partial charge in [0.1, 0.15) is 12.1 Å². The quantitative estimate of drug-likeness (QED) is 0.513. The van der Waals surface area contributed by atoms with Crippen molar-refractivity contribution in [3.63, 3.8) is 0 Å². The van der Waals surface area contributed by atoms with Crippen LogP contribution in [-0.2, 0) is 19.1 Å². The van der Waals surface area contributed by atoms with Crippen LogP contribution in [0.4, 0.5) is 4.79 Å². The van der Waals surface area contributed by atoms with Gasteiger partial charge in [-0.1, -0.05) is 41.5 Å². The zero-order valence-electron chi connectivity index (χ0n) is 21.0. The molecule has 2 aliphatic carbocycles. The van der Waals surface area contributed by atoms with E-state index < -0.39 is 24.1 Å². The summed E-state index contributed by atoms with van der Waals surface area (Å²) in [6, 6.07) is -0.385. The van der Waals surface area contributed by atoms with Crippen LogP contribution in [0.15, 0.2) is 0 Å². The second-order valence-corrected chi connectivity index (χ2v) is 13.2. The van der Waals surface area contributed by atoms with Gasteiger partial charge in [-0.15, -0.1) is 0 Å². The summed E-state index contributed by atoms with van der Waals surface area (Å²) in [6.07, 6.45) is 5.09. The topological polar surface area (TPSA) is 96.0 Å². The Hall–Kier alpha value is -2.12. The van der Waals surface area contributed by atoms with Gasteiger partial charge in [0.2, 0.25) is 0 Å². The van der Waals surface area contributed by atoms with Crippen molar-refractivity contribution in [2.45, 2.75) is 91.6 Å². The average Bonchev–Trinajstić information content (AvgIpc) is 3.01. The molecule has 2 bridgehead atoms. The largest absolute Gasteiger partial charge is 0.454 e. The number of likely N-dealkylation sites (tertiary alicyclic amines) is 1. The van der Waals surface area contributed by atoms with E-state index in [1.807, 2.05) is 4.90 Å². The lowest BCUT2D eigenvalue weighted by molar-refractivity contribution is -0.154. The summed E-state index contributed by atoms with van der Waals surface area (Å²) in [5.41, 5.74) is -0.744. The Kier molecular flexibility index (Phi) is 5.61. The molecule has 4 fully saturated rings. The lowest BCUT2D eigenvalue weighted by atomic mass is 9.64. The van der Waals surface area contributed by atoms with E-state index in [1.165, 1.54) is 0 Å². The molecule has 2 aliphatic heterocycles. The lowest BCUT2D eigenvalue weighted by Crippen LogP contribution is -2.54. The summed E-state index contributed by atoms with van der Waals surface area (Å²) >= 11 is 0. The van der Waals surface area contributed by atoms with E-state index in [4.69, 9.17) is 4.74 Å². The van der Waals surface area contributed by atoms with Crippen molar-refractivity contribution < 1.29 is 23.9 Å². The molecular formula is C25H39N3O5. The first-order valence-electron chi connectivity index (χ1n) is 12.2. The molecule has 2 saturated carbocycles. The summed E-state index contributed by atoms with van der Waals surface area (Å²) in [4.78, 5) is 53.9. The normalized spacial score (nSPS) is 36.8. The van der Waals surface area contributed by atoms with E-state index in [0.29, 0.717) is 19.4 Å². The number of hydrogen-bond acceptors (Lipinski definition) is 5. The molecule has 0 aromatic carbocycles. The maximum atomic E-state index is 13.2. The molecule has 184 valence electrons. The van der Waals surface area contributed by atoms with Crippen molar-refractivity contribution in [3.05, 3.63) is 0 Å². The standard InChI is InChI=1S/C25H39N3O5/c1-16-7-22(2,3)14-25(8-16)20(31)27(21(32)26-25)11-19(30)33-12-18(29)28-15-24(6)10-17(28)9-23(4,5)13-24/h16-17H,7-15H2,1-6H3,(H,26,32)/t16-,17-,24+,25-/m0/s1. The smallest absolute Gasteiger partial charge is 0.326 e. The molecule has 0 radical (unpaired) electrons. The van der Waals surface area contributed by atoms with Crippen LogP contribution in [0.5, 0.6) is 0 Å². The van der Waals surface area contributed by atoms with E-state index in [1.54, 1.807) is 0 Å². The Morgan fingerprint density at radius 2 is 1.67 bits per heavy atom. The van der Waals surface area contributed by atoms with Crippen molar-refractivity contribution >= 4 is 23.8 Å². The van der Waals surface area contributed by atoms with Crippen molar-refractivity contribution in [1.29, 1.82) is 0 Å². The number of carbonyl (C=O) groups excluding carboxylic acids is 4. The third-order valence-electron chi connectivity index (χ3n) is 8.00. The number of nitrogens with zero attached hydrogens (tertiary/aromatic N) is 2. The van der Waals surface area contributed by atoms with Crippen molar-refractivity contribution in [1.82, 2.24) is 15.1 Å². The number of carbonyl (C=O) groups is 4. The SMILES string of the molecule is C[C@H]1CC(C)(C)C[C@]2(C1)NC(=O)N(CC(=O)OCC(=O)N1C[C@]3(C)C[C@@H]1CC(C)(C)C3)C2=O. The molecular weight excluding hydrogens is 422 g/mol. The van der Waals surface area contributed by atoms with E-state index in [9.17, 15) is 19.2 Å². The van der Waals surface area contributed by atoms with Gasteiger partial charge in [0.05, 0.1) is 0 Å². The van der Waals surface area contributed by atoms with E-state index in [2.05, 4.69) is 46.9 Å². The minimum absolute atomic E-state index is 0.0808.